The maximum absolute atomic E-state index is 12.3. The van der Waals surface area contributed by atoms with Gasteiger partial charge in [0.25, 0.3) is 0 Å². The van der Waals surface area contributed by atoms with Crippen LogP contribution in [0, 0.1) is 5.92 Å². The van der Waals surface area contributed by atoms with Crippen molar-refractivity contribution in [3.8, 4) is 0 Å². The van der Waals surface area contributed by atoms with Gasteiger partial charge in [0, 0.05) is 10.9 Å². The molecule has 2 aliphatic rings. The second-order valence-electron chi connectivity index (χ2n) is 5.56. The van der Waals surface area contributed by atoms with Crippen LogP contribution in [0.2, 0.25) is 0 Å². The number of carbonyl (C=O) groups excluding carboxylic acids is 2. The summed E-state index contributed by atoms with van der Waals surface area (Å²) < 4.78 is 5.96. The fraction of sp³-hybridized carbons (Fsp3) is 0.375. The summed E-state index contributed by atoms with van der Waals surface area (Å²) in [6, 6.07) is 9.22. The minimum Gasteiger partial charge on any atom is -0.456 e. The zero-order chi connectivity index (χ0) is 15.9. The minimum absolute atomic E-state index is 0.152. The zero-order valence-electron chi connectivity index (χ0n) is 12.0. The summed E-state index contributed by atoms with van der Waals surface area (Å²) >= 11 is 3.36. The Morgan fingerprint density at radius 1 is 1.45 bits per heavy atom. The van der Waals surface area contributed by atoms with Crippen molar-refractivity contribution in [2.45, 2.75) is 32.1 Å². The number of rotatable bonds is 4. The normalized spacial score (nSPS) is 24.9. The van der Waals surface area contributed by atoms with E-state index in [1.165, 1.54) is 4.90 Å². The van der Waals surface area contributed by atoms with Crippen molar-refractivity contribution in [3.05, 3.63) is 46.1 Å². The molecule has 0 aliphatic carbocycles. The Kier molecular flexibility index (Phi) is 4.06. The van der Waals surface area contributed by atoms with E-state index in [2.05, 4.69) is 15.9 Å². The Morgan fingerprint density at radius 2 is 2.14 bits per heavy atom. The molecule has 1 aromatic carbocycles. The Balaban J connectivity index is 1.68. The fourth-order valence-corrected chi connectivity index (χ4v) is 3.69. The van der Waals surface area contributed by atoms with Crippen LogP contribution < -0.4 is 0 Å². The molecule has 1 saturated heterocycles. The number of hydrogen-bond acceptors (Lipinski definition) is 4. The number of hydrogen-bond donors (Lipinski definition) is 1. The Hall–Kier alpha value is -1.66. The third-order valence-electron chi connectivity index (χ3n) is 4.08. The highest BCUT2D eigenvalue weighted by Gasteiger charge is 2.56. The smallest absolute Gasteiger partial charge is 0.356 e. The molecule has 0 aromatic heterocycles. The van der Waals surface area contributed by atoms with Crippen molar-refractivity contribution in [1.82, 2.24) is 4.90 Å². The van der Waals surface area contributed by atoms with Gasteiger partial charge in [0.1, 0.15) is 12.3 Å². The van der Waals surface area contributed by atoms with Gasteiger partial charge in [0.2, 0.25) is 5.91 Å². The number of carbonyl (C=O) groups is 2. The largest absolute Gasteiger partial charge is 0.456 e. The lowest BCUT2D eigenvalue weighted by Crippen LogP contribution is -2.61. The summed E-state index contributed by atoms with van der Waals surface area (Å²) in [5.74, 6) is -1.18. The lowest BCUT2D eigenvalue weighted by atomic mass is 9.83. The molecule has 22 heavy (non-hydrogen) atoms. The number of ether oxygens (including phenoxy) is 1. The summed E-state index contributed by atoms with van der Waals surface area (Å²) in [5, 5.41) is 9.66. The second kappa shape index (κ2) is 5.85. The van der Waals surface area contributed by atoms with Gasteiger partial charge in [-0.1, -0.05) is 46.3 Å². The molecular formula is C16H16BrNO4. The lowest BCUT2D eigenvalue weighted by molar-refractivity contribution is -0.162. The van der Waals surface area contributed by atoms with E-state index in [0.29, 0.717) is 10.9 Å². The van der Waals surface area contributed by atoms with E-state index in [4.69, 9.17) is 4.74 Å². The van der Waals surface area contributed by atoms with Gasteiger partial charge in [-0.15, -0.1) is 0 Å². The molecule has 116 valence electrons. The first kappa shape index (κ1) is 15.2. The van der Waals surface area contributed by atoms with Crippen LogP contribution in [0.15, 0.2) is 40.5 Å². The monoisotopic (exact) mass is 365 g/mol. The van der Waals surface area contributed by atoms with E-state index < -0.39 is 18.0 Å². The van der Waals surface area contributed by atoms with Crippen LogP contribution in [0.25, 0.3) is 0 Å². The lowest BCUT2D eigenvalue weighted by Gasteiger charge is -2.44. The van der Waals surface area contributed by atoms with Crippen LogP contribution in [-0.4, -0.2) is 34.0 Å². The molecule has 0 radical (unpaired) electrons. The predicted molar refractivity (Wildman–Crippen MR) is 82.6 cm³/mol. The van der Waals surface area contributed by atoms with Crippen molar-refractivity contribution in [3.63, 3.8) is 0 Å². The molecule has 0 spiro atoms. The van der Waals surface area contributed by atoms with Crippen LogP contribution in [0.4, 0.5) is 0 Å². The molecular weight excluding hydrogens is 350 g/mol. The molecule has 3 atom stereocenters. The quantitative estimate of drug-likeness (QED) is 0.654. The summed E-state index contributed by atoms with van der Waals surface area (Å²) in [7, 11) is 0. The van der Waals surface area contributed by atoms with Crippen molar-refractivity contribution < 1.29 is 19.4 Å². The molecule has 1 fully saturated rings. The average Bonchev–Trinajstić information content (AvgIpc) is 2.78. The van der Waals surface area contributed by atoms with E-state index in [9.17, 15) is 14.7 Å². The first-order valence-corrected chi connectivity index (χ1v) is 7.91. The zero-order valence-corrected chi connectivity index (χ0v) is 13.6. The second-order valence-corrected chi connectivity index (χ2v) is 6.52. The first-order valence-electron chi connectivity index (χ1n) is 7.11. The molecule has 5 nitrogen and oxygen atoms in total. The minimum atomic E-state index is -0.714. The van der Waals surface area contributed by atoms with Crippen LogP contribution in [0.3, 0.4) is 0 Å². The number of aliphatic hydroxyl groups excluding tert-OH is 1. The number of amides is 1. The maximum atomic E-state index is 12.3. The van der Waals surface area contributed by atoms with E-state index in [1.807, 2.05) is 30.3 Å². The summed E-state index contributed by atoms with van der Waals surface area (Å²) in [5.41, 5.74) is 1.15. The third-order valence-corrected chi connectivity index (χ3v) is 4.78. The third kappa shape index (κ3) is 2.46. The Morgan fingerprint density at radius 3 is 2.77 bits per heavy atom. The topological polar surface area (TPSA) is 66.8 Å². The number of nitrogens with zero attached hydrogens (tertiary/aromatic N) is 1. The van der Waals surface area contributed by atoms with E-state index in [-0.39, 0.29) is 24.3 Å². The Labute approximate surface area is 136 Å². The highest BCUT2D eigenvalue weighted by molar-refractivity contribution is 9.11. The molecule has 1 N–H and O–H groups in total. The highest BCUT2D eigenvalue weighted by Crippen LogP contribution is 2.45. The van der Waals surface area contributed by atoms with Gasteiger partial charge in [-0.05, 0) is 12.5 Å². The molecule has 6 heteroatoms. The molecule has 2 heterocycles. The van der Waals surface area contributed by atoms with Gasteiger partial charge in [-0.3, -0.25) is 4.79 Å². The van der Waals surface area contributed by atoms with Gasteiger partial charge >= 0.3 is 5.97 Å². The van der Waals surface area contributed by atoms with E-state index >= 15 is 0 Å². The van der Waals surface area contributed by atoms with Crippen molar-refractivity contribution >= 4 is 27.8 Å². The Bertz CT molecular complexity index is 641. The number of esters is 1. The fourth-order valence-electron chi connectivity index (χ4n) is 3.00. The van der Waals surface area contributed by atoms with Crippen molar-refractivity contribution in [2.24, 2.45) is 5.92 Å². The van der Waals surface area contributed by atoms with Crippen molar-refractivity contribution in [2.75, 3.05) is 0 Å². The van der Waals surface area contributed by atoms with Gasteiger partial charge in [0.05, 0.1) is 18.1 Å². The number of aliphatic hydroxyl groups is 1. The van der Waals surface area contributed by atoms with Crippen molar-refractivity contribution in [1.29, 1.82) is 0 Å². The van der Waals surface area contributed by atoms with E-state index in [1.54, 1.807) is 6.92 Å². The predicted octanol–water partition coefficient (Wildman–Crippen LogP) is 1.95. The maximum Gasteiger partial charge on any atom is 0.356 e. The SMILES string of the molecule is CC(O)C1C(=O)N2C(C(=O)OCc3ccccc3)=C(Br)CC12. The van der Waals surface area contributed by atoms with Gasteiger partial charge in [0.15, 0.2) is 0 Å². The van der Waals surface area contributed by atoms with Crippen LogP contribution in [0.5, 0.6) is 0 Å². The van der Waals surface area contributed by atoms with Gasteiger partial charge in [-0.25, -0.2) is 4.79 Å². The molecule has 2 aliphatic heterocycles. The van der Waals surface area contributed by atoms with Gasteiger partial charge < -0.3 is 14.7 Å². The number of halogens is 1. The molecule has 1 amide bonds. The number of benzene rings is 1. The summed E-state index contributed by atoms with van der Waals surface area (Å²) in [6.07, 6.45) is -0.175. The highest BCUT2D eigenvalue weighted by atomic mass is 79.9. The van der Waals surface area contributed by atoms with Crippen LogP contribution >= 0.6 is 15.9 Å². The first-order chi connectivity index (χ1) is 10.5. The molecule has 3 unspecified atom stereocenters. The van der Waals surface area contributed by atoms with Crippen LogP contribution in [-0.2, 0) is 20.9 Å². The van der Waals surface area contributed by atoms with Crippen LogP contribution in [0.1, 0.15) is 18.9 Å². The number of β-lactam (4-membered cyclic amide) rings is 1. The number of fused-ring (bicyclic) bond motifs is 1. The van der Waals surface area contributed by atoms with Gasteiger partial charge in [-0.2, -0.15) is 0 Å². The standard InChI is InChI=1S/C16H16BrNO4/c1-9(19)13-12-7-11(17)14(18(12)15(13)20)16(21)22-8-10-5-3-2-4-6-10/h2-6,9,12-13,19H,7-8H2,1H3. The summed E-state index contributed by atoms with van der Waals surface area (Å²) in [6.45, 7) is 1.76. The molecule has 0 bridgehead atoms. The average molecular weight is 366 g/mol. The molecule has 1 aromatic rings. The van der Waals surface area contributed by atoms with E-state index in [0.717, 1.165) is 5.56 Å². The summed E-state index contributed by atoms with van der Waals surface area (Å²) in [4.78, 5) is 25.8. The molecule has 0 saturated carbocycles. The molecule has 3 rings (SSSR count).